The Morgan fingerprint density at radius 1 is 1.35 bits per heavy atom. The maximum Gasteiger partial charge on any atom is 0.326 e. The molecule has 2 rings (SSSR count). The largest absolute Gasteiger partial charge is 0.480 e. The van der Waals surface area contributed by atoms with Crippen molar-refractivity contribution < 1.29 is 14.7 Å². The number of carbonyl (C=O) groups is 2. The number of aliphatic carboxylic acids is 1. The van der Waals surface area contributed by atoms with Crippen molar-refractivity contribution >= 4 is 11.9 Å². The van der Waals surface area contributed by atoms with E-state index < -0.39 is 23.5 Å². The van der Waals surface area contributed by atoms with Crippen molar-refractivity contribution in [2.24, 2.45) is 5.92 Å². The molecule has 0 aliphatic rings. The fourth-order valence-corrected chi connectivity index (χ4v) is 2.56. The van der Waals surface area contributed by atoms with Gasteiger partial charge < -0.3 is 15.4 Å². The number of H-pyrrole nitrogens is 1. The van der Waals surface area contributed by atoms with Gasteiger partial charge in [0, 0.05) is 29.2 Å². The molecule has 2 aromatic rings. The van der Waals surface area contributed by atoms with Crippen LogP contribution < -0.4 is 10.9 Å². The van der Waals surface area contributed by atoms with Gasteiger partial charge in [-0.25, -0.2) is 9.78 Å². The summed E-state index contributed by atoms with van der Waals surface area (Å²) < 4.78 is 0. The van der Waals surface area contributed by atoms with E-state index >= 15 is 0 Å². The number of aromatic nitrogens is 3. The molecule has 3 N–H and O–H groups in total. The Balaban J connectivity index is 2.18. The third-order valence-electron chi connectivity index (χ3n) is 3.83. The van der Waals surface area contributed by atoms with Gasteiger partial charge >= 0.3 is 5.97 Å². The summed E-state index contributed by atoms with van der Waals surface area (Å²) in [5.74, 6) is -1.14. The van der Waals surface area contributed by atoms with Crippen molar-refractivity contribution in [2.45, 2.75) is 39.7 Å². The standard InChI is InChI=1S/C18H22N4O4/c1-10(2)7-14(18(25)26)21-15(23)8-13-11(3)20-16(22-17(13)24)12-5-4-6-19-9-12/h4-6,9-10,14H,7-8H2,1-3H3,(H,21,23)(H,25,26)(H,20,22,24). The maximum absolute atomic E-state index is 12.4. The van der Waals surface area contributed by atoms with E-state index in [1.807, 2.05) is 13.8 Å². The van der Waals surface area contributed by atoms with Crippen LogP contribution in [0, 0.1) is 12.8 Å². The number of aryl methyl sites for hydroxylation is 1. The smallest absolute Gasteiger partial charge is 0.326 e. The third-order valence-corrected chi connectivity index (χ3v) is 3.83. The van der Waals surface area contributed by atoms with Crippen LogP contribution in [0.4, 0.5) is 0 Å². The predicted molar refractivity (Wildman–Crippen MR) is 95.6 cm³/mol. The molecule has 0 spiro atoms. The Kier molecular flexibility index (Phi) is 6.21. The second-order valence-corrected chi connectivity index (χ2v) is 6.48. The number of amides is 1. The predicted octanol–water partition coefficient (Wildman–Crippen LogP) is 1.30. The summed E-state index contributed by atoms with van der Waals surface area (Å²) in [5.41, 5.74) is 0.858. The normalized spacial score (nSPS) is 12.0. The van der Waals surface area contributed by atoms with Crippen LogP contribution in [-0.4, -0.2) is 38.0 Å². The number of rotatable bonds is 7. The highest BCUT2D eigenvalue weighted by Crippen LogP contribution is 2.13. The number of carboxylic acids is 1. The molecule has 0 aromatic carbocycles. The molecular weight excluding hydrogens is 336 g/mol. The number of carbonyl (C=O) groups excluding carboxylic acids is 1. The average Bonchev–Trinajstić information content (AvgIpc) is 2.57. The van der Waals surface area contributed by atoms with Crippen molar-refractivity contribution in [3.05, 3.63) is 46.1 Å². The van der Waals surface area contributed by atoms with Gasteiger partial charge in [0.15, 0.2) is 0 Å². The first kappa shape index (κ1) is 19.3. The molecule has 0 aliphatic heterocycles. The lowest BCUT2D eigenvalue weighted by Gasteiger charge is -2.16. The second kappa shape index (κ2) is 8.37. The number of carboxylic acid groups (broad SMARTS) is 1. The molecule has 0 saturated heterocycles. The minimum absolute atomic E-state index is 0.113. The van der Waals surface area contributed by atoms with Crippen LogP contribution in [0.5, 0.6) is 0 Å². The molecule has 0 aliphatic carbocycles. The van der Waals surface area contributed by atoms with Gasteiger partial charge in [-0.15, -0.1) is 0 Å². The fraction of sp³-hybridized carbons (Fsp3) is 0.389. The maximum atomic E-state index is 12.4. The second-order valence-electron chi connectivity index (χ2n) is 6.48. The number of pyridine rings is 1. The van der Waals surface area contributed by atoms with Gasteiger partial charge in [-0.1, -0.05) is 13.8 Å². The van der Waals surface area contributed by atoms with Crippen LogP contribution in [0.1, 0.15) is 31.5 Å². The van der Waals surface area contributed by atoms with E-state index in [1.165, 1.54) is 0 Å². The van der Waals surface area contributed by atoms with Gasteiger partial charge in [0.1, 0.15) is 11.9 Å². The van der Waals surface area contributed by atoms with E-state index in [1.54, 1.807) is 31.5 Å². The van der Waals surface area contributed by atoms with Crippen LogP contribution in [0.3, 0.4) is 0 Å². The number of hydrogen-bond donors (Lipinski definition) is 3. The van der Waals surface area contributed by atoms with E-state index in [9.17, 15) is 19.5 Å². The zero-order chi connectivity index (χ0) is 19.3. The van der Waals surface area contributed by atoms with Crippen molar-refractivity contribution in [3.8, 4) is 11.4 Å². The number of aromatic amines is 1. The minimum atomic E-state index is -1.09. The third kappa shape index (κ3) is 4.98. The van der Waals surface area contributed by atoms with Crippen molar-refractivity contribution in [3.63, 3.8) is 0 Å². The Hall–Kier alpha value is -3.03. The molecule has 0 radical (unpaired) electrons. The highest BCUT2D eigenvalue weighted by atomic mass is 16.4. The number of nitrogens with zero attached hydrogens (tertiary/aromatic N) is 2. The van der Waals surface area contributed by atoms with E-state index in [0.29, 0.717) is 23.5 Å². The van der Waals surface area contributed by atoms with E-state index in [-0.39, 0.29) is 17.9 Å². The van der Waals surface area contributed by atoms with Gasteiger partial charge in [-0.3, -0.25) is 14.6 Å². The molecule has 0 bridgehead atoms. The summed E-state index contributed by atoms with van der Waals surface area (Å²) in [5, 5.41) is 11.7. The fourth-order valence-electron chi connectivity index (χ4n) is 2.56. The Labute approximate surface area is 150 Å². The van der Waals surface area contributed by atoms with Gasteiger partial charge in [0.05, 0.1) is 6.42 Å². The van der Waals surface area contributed by atoms with Crippen LogP contribution in [0.25, 0.3) is 11.4 Å². The molecular formula is C18H22N4O4. The molecule has 0 saturated carbocycles. The van der Waals surface area contributed by atoms with Crippen LogP contribution in [-0.2, 0) is 16.0 Å². The Morgan fingerprint density at radius 2 is 2.08 bits per heavy atom. The van der Waals surface area contributed by atoms with Gasteiger partial charge in [-0.05, 0) is 31.4 Å². The molecule has 1 amide bonds. The number of hydrogen-bond acceptors (Lipinski definition) is 5. The molecule has 138 valence electrons. The van der Waals surface area contributed by atoms with Crippen LogP contribution in [0.2, 0.25) is 0 Å². The quantitative estimate of drug-likeness (QED) is 0.685. The first-order valence-electron chi connectivity index (χ1n) is 8.30. The minimum Gasteiger partial charge on any atom is -0.480 e. The lowest BCUT2D eigenvalue weighted by atomic mass is 10.0. The first-order valence-corrected chi connectivity index (χ1v) is 8.30. The molecule has 1 unspecified atom stereocenters. The van der Waals surface area contributed by atoms with Crippen molar-refractivity contribution in [1.29, 1.82) is 0 Å². The molecule has 0 fully saturated rings. The first-order chi connectivity index (χ1) is 12.3. The molecule has 2 aromatic heterocycles. The number of nitrogens with one attached hydrogen (secondary N) is 2. The zero-order valence-electron chi connectivity index (χ0n) is 14.9. The average molecular weight is 358 g/mol. The van der Waals surface area contributed by atoms with E-state index in [0.717, 1.165) is 0 Å². The molecule has 26 heavy (non-hydrogen) atoms. The highest BCUT2D eigenvalue weighted by molar-refractivity contribution is 5.84. The summed E-state index contributed by atoms with van der Waals surface area (Å²) in [7, 11) is 0. The van der Waals surface area contributed by atoms with Gasteiger partial charge in [0.2, 0.25) is 5.91 Å². The van der Waals surface area contributed by atoms with Crippen LogP contribution in [0.15, 0.2) is 29.3 Å². The topological polar surface area (TPSA) is 125 Å². The summed E-state index contributed by atoms with van der Waals surface area (Å²) >= 11 is 0. The van der Waals surface area contributed by atoms with Crippen molar-refractivity contribution in [2.75, 3.05) is 0 Å². The monoisotopic (exact) mass is 358 g/mol. The Morgan fingerprint density at radius 3 is 2.62 bits per heavy atom. The SMILES string of the molecule is Cc1nc(-c2cccnc2)[nH]c(=O)c1CC(=O)NC(CC(C)C)C(=O)O. The van der Waals surface area contributed by atoms with E-state index in [4.69, 9.17) is 0 Å². The summed E-state index contributed by atoms with van der Waals surface area (Å²) in [6.07, 6.45) is 3.27. The van der Waals surface area contributed by atoms with Crippen LogP contribution >= 0.6 is 0 Å². The molecule has 1 atom stereocenters. The summed E-state index contributed by atoms with van der Waals surface area (Å²) in [6, 6.07) is 2.51. The Bertz CT molecular complexity index is 846. The van der Waals surface area contributed by atoms with Gasteiger partial charge in [0.25, 0.3) is 5.56 Å². The summed E-state index contributed by atoms with van der Waals surface area (Å²) in [4.78, 5) is 46.8. The lowest BCUT2D eigenvalue weighted by Crippen LogP contribution is -2.43. The van der Waals surface area contributed by atoms with E-state index in [2.05, 4.69) is 20.3 Å². The van der Waals surface area contributed by atoms with Gasteiger partial charge in [-0.2, -0.15) is 0 Å². The summed E-state index contributed by atoms with van der Waals surface area (Å²) in [6.45, 7) is 5.39. The zero-order valence-corrected chi connectivity index (χ0v) is 14.9. The molecule has 8 nitrogen and oxygen atoms in total. The molecule has 2 heterocycles. The lowest BCUT2D eigenvalue weighted by molar-refractivity contribution is -0.142. The molecule has 8 heteroatoms. The van der Waals surface area contributed by atoms with Crippen molar-refractivity contribution in [1.82, 2.24) is 20.3 Å². The highest BCUT2D eigenvalue weighted by Gasteiger charge is 2.22.